The van der Waals surface area contributed by atoms with Crippen molar-refractivity contribution in [2.75, 3.05) is 32.8 Å². The highest BCUT2D eigenvalue weighted by Crippen LogP contribution is 2.39. The van der Waals surface area contributed by atoms with Gasteiger partial charge in [0.05, 0.1) is 6.61 Å². The molecular weight excluding hydrogens is 212 g/mol. The molecule has 0 aromatic carbocycles. The summed E-state index contributed by atoms with van der Waals surface area (Å²) in [6.45, 7) is 5.07. The average molecular weight is 238 g/mol. The summed E-state index contributed by atoms with van der Waals surface area (Å²) in [4.78, 5) is 2.75. The van der Waals surface area contributed by atoms with Gasteiger partial charge in [0.15, 0.2) is 0 Å². The molecule has 17 heavy (non-hydrogen) atoms. The van der Waals surface area contributed by atoms with E-state index in [9.17, 15) is 0 Å². The first-order valence-corrected chi connectivity index (χ1v) is 7.35. The summed E-state index contributed by atoms with van der Waals surface area (Å²) >= 11 is 0. The van der Waals surface area contributed by atoms with E-state index in [4.69, 9.17) is 10.5 Å². The fraction of sp³-hybridized carbons (Fsp3) is 1.00. The summed E-state index contributed by atoms with van der Waals surface area (Å²) in [7, 11) is 0. The van der Waals surface area contributed by atoms with Crippen LogP contribution in [0.2, 0.25) is 0 Å². The van der Waals surface area contributed by atoms with Crippen LogP contribution in [0.5, 0.6) is 0 Å². The van der Waals surface area contributed by atoms with Crippen LogP contribution in [0.4, 0.5) is 0 Å². The zero-order valence-corrected chi connectivity index (χ0v) is 10.9. The van der Waals surface area contributed by atoms with Crippen molar-refractivity contribution in [2.24, 2.45) is 17.1 Å². The quantitative estimate of drug-likeness (QED) is 0.812. The van der Waals surface area contributed by atoms with Gasteiger partial charge < -0.3 is 10.5 Å². The second kappa shape index (κ2) is 4.87. The predicted octanol–water partition coefficient (Wildman–Crippen LogP) is 1.62. The van der Waals surface area contributed by atoms with E-state index in [1.54, 1.807) is 0 Å². The maximum Gasteiger partial charge on any atom is 0.0547 e. The van der Waals surface area contributed by atoms with Gasteiger partial charge in [0, 0.05) is 31.2 Å². The number of hydrogen-bond donors (Lipinski definition) is 1. The Morgan fingerprint density at radius 2 is 2.12 bits per heavy atom. The van der Waals surface area contributed by atoms with Crippen LogP contribution < -0.4 is 5.73 Å². The highest BCUT2D eigenvalue weighted by atomic mass is 16.5. The Labute approximate surface area is 105 Å². The monoisotopic (exact) mass is 238 g/mol. The van der Waals surface area contributed by atoms with Crippen LogP contribution in [0.1, 0.15) is 38.5 Å². The molecule has 3 heteroatoms. The Hall–Kier alpha value is -0.120. The van der Waals surface area contributed by atoms with Gasteiger partial charge in [-0.2, -0.15) is 0 Å². The lowest BCUT2D eigenvalue weighted by Gasteiger charge is -2.42. The number of likely N-dealkylation sites (tertiary alicyclic amines) is 1. The van der Waals surface area contributed by atoms with Crippen molar-refractivity contribution in [1.82, 2.24) is 4.90 Å². The van der Waals surface area contributed by atoms with Gasteiger partial charge in [0.25, 0.3) is 0 Å². The molecule has 3 atom stereocenters. The van der Waals surface area contributed by atoms with Crippen LogP contribution >= 0.6 is 0 Å². The Kier molecular flexibility index (Phi) is 3.42. The van der Waals surface area contributed by atoms with Gasteiger partial charge in [0.2, 0.25) is 0 Å². The summed E-state index contributed by atoms with van der Waals surface area (Å²) in [6.07, 6.45) is 8.35. The molecule has 0 aromatic rings. The third-order valence-electron chi connectivity index (χ3n) is 5.26. The van der Waals surface area contributed by atoms with Crippen molar-refractivity contribution in [1.29, 1.82) is 0 Å². The molecule has 2 aliphatic heterocycles. The molecule has 2 saturated heterocycles. The molecule has 0 bridgehead atoms. The largest absolute Gasteiger partial charge is 0.381 e. The second-order valence-corrected chi connectivity index (χ2v) is 6.38. The molecule has 3 unspecified atom stereocenters. The van der Waals surface area contributed by atoms with Crippen LogP contribution in [0.25, 0.3) is 0 Å². The van der Waals surface area contributed by atoms with Crippen LogP contribution in [0.15, 0.2) is 0 Å². The van der Waals surface area contributed by atoms with Crippen LogP contribution in [0.3, 0.4) is 0 Å². The molecule has 3 fully saturated rings. The molecule has 0 radical (unpaired) electrons. The first-order valence-electron chi connectivity index (χ1n) is 7.35. The van der Waals surface area contributed by atoms with Crippen LogP contribution in [0, 0.1) is 11.3 Å². The zero-order chi connectivity index (χ0) is 11.7. The molecule has 2 heterocycles. The van der Waals surface area contributed by atoms with E-state index in [2.05, 4.69) is 4.90 Å². The molecular formula is C14H26N2O. The summed E-state index contributed by atoms with van der Waals surface area (Å²) in [5.41, 5.74) is 6.28. The van der Waals surface area contributed by atoms with Gasteiger partial charge in [-0.1, -0.05) is 6.42 Å². The molecule has 2 N–H and O–H groups in total. The Morgan fingerprint density at radius 1 is 1.24 bits per heavy atom. The molecule has 0 amide bonds. The topological polar surface area (TPSA) is 38.5 Å². The lowest BCUT2D eigenvalue weighted by Crippen LogP contribution is -2.50. The first-order chi connectivity index (χ1) is 8.33. The lowest BCUT2D eigenvalue weighted by molar-refractivity contribution is 0.0529. The van der Waals surface area contributed by atoms with Crippen LogP contribution in [-0.2, 0) is 4.74 Å². The summed E-state index contributed by atoms with van der Waals surface area (Å²) in [5.74, 6) is 0.987. The number of nitrogens with zero attached hydrogens (tertiary/aromatic N) is 1. The molecule has 0 aromatic heterocycles. The third kappa shape index (κ3) is 2.25. The summed E-state index contributed by atoms with van der Waals surface area (Å²) in [6, 6.07) is 0.868. The second-order valence-electron chi connectivity index (χ2n) is 6.38. The number of rotatable bonds is 3. The van der Waals surface area contributed by atoms with Gasteiger partial charge in [-0.25, -0.2) is 0 Å². The lowest BCUT2D eigenvalue weighted by atomic mass is 9.84. The number of piperidine rings is 1. The van der Waals surface area contributed by atoms with E-state index in [0.29, 0.717) is 0 Å². The Balaban J connectivity index is 1.66. The highest BCUT2D eigenvalue weighted by molar-refractivity contribution is 4.94. The number of nitrogens with two attached hydrogens (primary N) is 1. The van der Waals surface area contributed by atoms with Crippen molar-refractivity contribution in [3.8, 4) is 0 Å². The predicted molar refractivity (Wildman–Crippen MR) is 68.9 cm³/mol. The van der Waals surface area contributed by atoms with Gasteiger partial charge in [-0.05, 0) is 44.6 Å². The summed E-state index contributed by atoms with van der Waals surface area (Å²) < 4.78 is 5.60. The van der Waals surface area contributed by atoms with Crippen LogP contribution in [-0.4, -0.2) is 43.8 Å². The summed E-state index contributed by atoms with van der Waals surface area (Å²) in [5, 5.41) is 0. The molecule has 1 aliphatic carbocycles. The Bertz CT molecular complexity index is 263. The molecule has 3 nitrogen and oxygen atoms in total. The third-order valence-corrected chi connectivity index (χ3v) is 5.26. The SMILES string of the molecule is NCC1(CN2CCCC3CCCC32)CCOC1. The smallest absolute Gasteiger partial charge is 0.0547 e. The zero-order valence-electron chi connectivity index (χ0n) is 10.9. The van der Waals surface area contributed by atoms with E-state index in [1.165, 1.54) is 45.2 Å². The van der Waals surface area contributed by atoms with Crippen molar-refractivity contribution in [3.05, 3.63) is 0 Å². The van der Waals surface area contributed by atoms with Crippen molar-refractivity contribution >= 4 is 0 Å². The average Bonchev–Trinajstić information content (AvgIpc) is 2.98. The van der Waals surface area contributed by atoms with E-state index >= 15 is 0 Å². The van der Waals surface area contributed by atoms with Gasteiger partial charge in [-0.3, -0.25) is 4.90 Å². The molecule has 98 valence electrons. The number of ether oxygens (including phenoxy) is 1. The van der Waals surface area contributed by atoms with Gasteiger partial charge >= 0.3 is 0 Å². The first kappa shape index (κ1) is 11.9. The number of hydrogen-bond acceptors (Lipinski definition) is 3. The maximum absolute atomic E-state index is 6.02. The van der Waals surface area contributed by atoms with E-state index in [0.717, 1.165) is 38.1 Å². The Morgan fingerprint density at radius 3 is 2.88 bits per heavy atom. The normalized spacial score (nSPS) is 42.9. The van der Waals surface area contributed by atoms with Crippen molar-refractivity contribution < 1.29 is 4.74 Å². The minimum Gasteiger partial charge on any atom is -0.381 e. The molecule has 3 rings (SSSR count). The van der Waals surface area contributed by atoms with E-state index in [-0.39, 0.29) is 5.41 Å². The van der Waals surface area contributed by atoms with Gasteiger partial charge in [0.1, 0.15) is 0 Å². The minimum absolute atomic E-state index is 0.268. The van der Waals surface area contributed by atoms with E-state index in [1.807, 2.05) is 0 Å². The van der Waals surface area contributed by atoms with Crippen molar-refractivity contribution in [2.45, 2.75) is 44.6 Å². The number of fused-ring (bicyclic) bond motifs is 1. The standard InChI is InChI=1S/C14H26N2O/c15-9-14(6-8-17-11-14)10-16-7-2-4-12-3-1-5-13(12)16/h12-13H,1-11,15H2. The van der Waals surface area contributed by atoms with E-state index < -0.39 is 0 Å². The van der Waals surface area contributed by atoms with Gasteiger partial charge in [-0.15, -0.1) is 0 Å². The highest BCUT2D eigenvalue weighted by Gasteiger charge is 2.41. The molecule has 1 saturated carbocycles. The fourth-order valence-electron chi connectivity index (χ4n) is 4.18. The molecule has 0 spiro atoms. The minimum atomic E-state index is 0.268. The fourth-order valence-corrected chi connectivity index (χ4v) is 4.18. The molecule has 3 aliphatic rings. The maximum atomic E-state index is 6.02. The van der Waals surface area contributed by atoms with Crippen molar-refractivity contribution in [3.63, 3.8) is 0 Å².